The van der Waals surface area contributed by atoms with Crippen molar-refractivity contribution < 1.29 is 9.73 Å². The number of nitrogens with two attached hydrogens (primary N) is 1. The third-order valence-corrected chi connectivity index (χ3v) is 11.6. The van der Waals surface area contributed by atoms with E-state index in [9.17, 15) is 10.0 Å². The smallest absolute Gasteiger partial charge is 0.409 e. The van der Waals surface area contributed by atoms with Crippen LogP contribution in [0.3, 0.4) is 0 Å². The van der Waals surface area contributed by atoms with E-state index in [0.29, 0.717) is 28.2 Å². The molecule has 62 heavy (non-hydrogen) atoms. The quantitative estimate of drug-likeness (QED) is 0.0803. The van der Waals surface area contributed by atoms with Crippen molar-refractivity contribution in [2.45, 2.75) is 27.7 Å². The first-order chi connectivity index (χ1) is 29.3. The number of fused-ring (bicyclic) bond motifs is 10. The molecular formula is C45H52N14O3. The molecule has 0 atom stereocenters. The normalized spacial score (nSPS) is 15.7. The molecule has 2 saturated heterocycles. The Morgan fingerprint density at radius 3 is 1.74 bits per heavy atom. The van der Waals surface area contributed by atoms with Crippen molar-refractivity contribution in [2.24, 2.45) is 10.9 Å². The van der Waals surface area contributed by atoms with Crippen molar-refractivity contribution in [3.05, 3.63) is 101 Å². The van der Waals surface area contributed by atoms with Gasteiger partial charge < -0.3 is 30.5 Å². The molecule has 7 aromatic heterocycles. The highest BCUT2D eigenvalue weighted by Crippen LogP contribution is 2.32. The van der Waals surface area contributed by atoms with Crippen molar-refractivity contribution in [3.63, 3.8) is 0 Å². The lowest BCUT2D eigenvalue weighted by molar-refractivity contribution is 0.318. The van der Waals surface area contributed by atoms with Crippen LogP contribution in [0.25, 0.3) is 66.8 Å². The number of imidazole rings is 2. The third kappa shape index (κ3) is 7.49. The molecule has 0 saturated carbocycles. The number of hydrogen-bond acceptors (Lipinski definition) is 13. The van der Waals surface area contributed by atoms with Gasteiger partial charge in [-0.1, -0.05) is 49.4 Å². The minimum atomic E-state index is -0.594. The monoisotopic (exact) mass is 836 g/mol. The van der Waals surface area contributed by atoms with Crippen LogP contribution in [-0.2, 0) is 0 Å². The molecule has 0 spiro atoms. The van der Waals surface area contributed by atoms with Crippen LogP contribution in [0, 0.1) is 0 Å². The molecule has 0 amide bonds. The maximum Gasteiger partial charge on any atom is 0.439 e. The second-order valence-corrected chi connectivity index (χ2v) is 15.5. The van der Waals surface area contributed by atoms with E-state index < -0.39 is 5.76 Å². The lowest BCUT2D eigenvalue weighted by atomic mass is 10.2. The van der Waals surface area contributed by atoms with Crippen LogP contribution in [-0.4, -0.2) is 126 Å². The van der Waals surface area contributed by atoms with E-state index in [1.807, 2.05) is 69.5 Å². The number of para-hydroxylation sites is 4. The number of rotatable bonds is 4. The molecular weight excluding hydrogens is 785 g/mol. The van der Waals surface area contributed by atoms with Crippen molar-refractivity contribution in [1.82, 2.24) is 48.7 Å². The van der Waals surface area contributed by atoms with Crippen LogP contribution in [0.2, 0.25) is 0 Å². The van der Waals surface area contributed by atoms with Gasteiger partial charge >= 0.3 is 5.76 Å². The summed E-state index contributed by atoms with van der Waals surface area (Å²) in [7, 11) is 4.32. The molecule has 9 heterocycles. The fourth-order valence-corrected chi connectivity index (χ4v) is 8.43. The first-order valence-electron chi connectivity index (χ1n) is 20.2. The zero-order valence-corrected chi connectivity index (χ0v) is 33.4. The van der Waals surface area contributed by atoms with Crippen LogP contribution in [0.5, 0.6) is 0 Å². The number of pyridine rings is 4. The number of aromatic amines is 1. The number of aromatic nitrogens is 8. The highest BCUT2D eigenvalue weighted by atomic mass is 16.5. The molecule has 0 aliphatic carbocycles. The Hall–Kier alpha value is -7.11. The van der Waals surface area contributed by atoms with Crippen molar-refractivity contribution in [3.8, 4) is 11.4 Å². The van der Waals surface area contributed by atoms with Crippen LogP contribution in [0.4, 0.5) is 11.6 Å². The minimum Gasteiger partial charge on any atom is -0.409 e. The highest BCUT2D eigenvalue weighted by Gasteiger charge is 2.21. The van der Waals surface area contributed by atoms with Crippen LogP contribution in [0.1, 0.15) is 33.3 Å². The minimum absolute atomic E-state index is 0. The maximum absolute atomic E-state index is 11.6. The first-order valence-corrected chi connectivity index (χ1v) is 20.2. The molecule has 320 valence electrons. The third-order valence-electron chi connectivity index (χ3n) is 11.6. The number of oxime groups is 1. The summed E-state index contributed by atoms with van der Waals surface area (Å²) >= 11 is 0. The van der Waals surface area contributed by atoms with Gasteiger partial charge in [-0.25, -0.2) is 24.7 Å². The second kappa shape index (κ2) is 17.1. The summed E-state index contributed by atoms with van der Waals surface area (Å²) in [4.78, 5) is 43.3. The SMILES string of the molecule is C.C.CN1CCCN(c2ccc3cc(-c4noc(=O)[nH]4)c4nc5ccccc5n4c3n2)CC1.CN1CCCN(c2ccc3cc(C(N)=NO)c4nc5ccccc5n4c3n2)CC1. The van der Waals surface area contributed by atoms with E-state index >= 15 is 0 Å². The molecule has 0 unspecified atom stereocenters. The summed E-state index contributed by atoms with van der Waals surface area (Å²) in [6.07, 6.45) is 2.22. The van der Waals surface area contributed by atoms with E-state index in [1.165, 1.54) is 0 Å². The summed E-state index contributed by atoms with van der Waals surface area (Å²) < 4.78 is 8.80. The summed E-state index contributed by atoms with van der Waals surface area (Å²) in [6, 6.07) is 27.9. The average molecular weight is 837 g/mol. The molecule has 2 aliphatic heterocycles. The van der Waals surface area contributed by atoms with E-state index in [1.54, 1.807) is 0 Å². The molecule has 4 N–H and O–H groups in total. The largest absolute Gasteiger partial charge is 0.439 e. The molecule has 0 radical (unpaired) electrons. The Morgan fingerprint density at radius 1 is 0.661 bits per heavy atom. The Balaban J connectivity index is 0.000000166. The number of likely N-dealkylation sites (N-methyl/N-ethyl adjacent to an activating group) is 2. The van der Waals surface area contributed by atoms with Crippen molar-refractivity contribution in [2.75, 3.05) is 76.3 Å². The van der Waals surface area contributed by atoms with Gasteiger partial charge in [0.15, 0.2) is 23.0 Å². The molecule has 0 bridgehead atoms. The number of benzene rings is 2. The van der Waals surface area contributed by atoms with E-state index in [2.05, 4.69) is 73.3 Å². The topological polar surface area (TPSA) is 191 Å². The predicted octanol–water partition coefficient (Wildman–Crippen LogP) is 6.07. The van der Waals surface area contributed by atoms with Gasteiger partial charge in [-0.05, 0) is 101 Å². The molecule has 2 aromatic carbocycles. The lowest BCUT2D eigenvalue weighted by Crippen LogP contribution is -2.29. The zero-order chi connectivity index (χ0) is 40.9. The van der Waals surface area contributed by atoms with Gasteiger partial charge in [-0.15, -0.1) is 0 Å². The number of anilines is 2. The van der Waals surface area contributed by atoms with Gasteiger partial charge in [0.05, 0.1) is 33.2 Å². The van der Waals surface area contributed by atoms with Crippen molar-refractivity contribution in [1.29, 1.82) is 0 Å². The van der Waals surface area contributed by atoms with Crippen molar-refractivity contribution >= 4 is 72.9 Å². The van der Waals surface area contributed by atoms with Gasteiger partial charge in [0.2, 0.25) is 0 Å². The fraction of sp³-hybridized carbons (Fsp3) is 0.311. The van der Waals surface area contributed by atoms with Crippen LogP contribution < -0.4 is 21.3 Å². The maximum atomic E-state index is 11.6. The number of nitrogens with one attached hydrogen (secondary N) is 1. The number of hydrogen-bond donors (Lipinski definition) is 3. The molecule has 17 nitrogen and oxygen atoms in total. The summed E-state index contributed by atoms with van der Waals surface area (Å²) in [6.45, 7) is 8.09. The van der Waals surface area contributed by atoms with E-state index in [0.717, 1.165) is 121 Å². The predicted molar refractivity (Wildman–Crippen MR) is 247 cm³/mol. The molecule has 17 heteroatoms. The average Bonchev–Trinajstić information content (AvgIpc) is 3.90. The van der Waals surface area contributed by atoms with Crippen LogP contribution >= 0.6 is 0 Å². The Kier molecular flexibility index (Phi) is 11.5. The molecule has 9 aromatic rings. The summed E-state index contributed by atoms with van der Waals surface area (Å²) in [5.74, 6) is 1.72. The number of nitrogens with zero attached hydrogens (tertiary/aromatic N) is 12. The van der Waals surface area contributed by atoms with Gasteiger partial charge in [-0.2, -0.15) is 0 Å². The highest BCUT2D eigenvalue weighted by molar-refractivity contribution is 6.07. The second-order valence-electron chi connectivity index (χ2n) is 15.5. The zero-order valence-electron chi connectivity index (χ0n) is 33.4. The van der Waals surface area contributed by atoms with Gasteiger partial charge in [0.1, 0.15) is 22.9 Å². The number of H-pyrrole nitrogens is 1. The first kappa shape index (κ1) is 41.6. The van der Waals surface area contributed by atoms with Gasteiger partial charge in [-0.3, -0.25) is 18.3 Å². The molecule has 11 rings (SSSR count). The van der Waals surface area contributed by atoms with Gasteiger partial charge in [0.25, 0.3) is 0 Å². The Morgan fingerprint density at radius 2 is 1.19 bits per heavy atom. The Bertz CT molecular complexity index is 3150. The fourth-order valence-electron chi connectivity index (χ4n) is 8.43. The molecule has 2 aliphatic rings. The summed E-state index contributed by atoms with van der Waals surface area (Å²) in [5.41, 5.74) is 13.8. The number of amidine groups is 1. The van der Waals surface area contributed by atoms with Gasteiger partial charge in [0, 0.05) is 50.0 Å². The van der Waals surface area contributed by atoms with E-state index in [4.69, 9.17) is 30.2 Å². The standard InChI is InChI=1S/C22H21N7O2.C21H23N7O.2CH4/c1-27-9-4-10-28(12-11-27)18-8-7-14-13-15(19-25-22(30)31-26-19)21-23-16-5-2-3-6-17(16)29(21)20(14)24-18;1-26-9-4-10-27(12-11-26)18-8-7-14-13-15(19(22)25-29)21-23-16-5-2-3-6-17(16)28(21)20(14)24-18;;/h2-3,5-8,13H,4,9-12H2,1H3,(H,25,26,30);2-3,5-8,13,29H,4,9-12H2,1H3,(H2,22,25);2*1H4. The van der Waals surface area contributed by atoms with E-state index in [-0.39, 0.29) is 20.7 Å². The van der Waals surface area contributed by atoms with Crippen LogP contribution in [0.15, 0.2) is 99.4 Å². The lowest BCUT2D eigenvalue weighted by Gasteiger charge is -2.22. The Labute approximate surface area is 357 Å². The summed E-state index contributed by atoms with van der Waals surface area (Å²) in [5, 5.41) is 18.2. The molecule has 2 fully saturated rings.